The lowest BCUT2D eigenvalue weighted by molar-refractivity contribution is -0.111. The van der Waals surface area contributed by atoms with Crippen LogP contribution in [-0.2, 0) is 4.79 Å². The molecule has 3 aromatic carbocycles. The van der Waals surface area contributed by atoms with Crippen LogP contribution in [0, 0.1) is 0 Å². The van der Waals surface area contributed by atoms with Gasteiger partial charge in [0.25, 0.3) is 5.91 Å². The molecule has 0 atom stereocenters. The van der Waals surface area contributed by atoms with Crippen molar-refractivity contribution in [1.29, 1.82) is 0 Å². The van der Waals surface area contributed by atoms with E-state index < -0.39 is 11.8 Å². The van der Waals surface area contributed by atoms with Crippen LogP contribution in [0.5, 0.6) is 11.5 Å². The van der Waals surface area contributed by atoms with Crippen molar-refractivity contribution in [2.24, 2.45) is 5.73 Å². The van der Waals surface area contributed by atoms with Gasteiger partial charge in [0.1, 0.15) is 0 Å². The van der Waals surface area contributed by atoms with E-state index in [1.807, 2.05) is 42.5 Å². The molecule has 2 amide bonds. The van der Waals surface area contributed by atoms with Crippen LogP contribution in [0.4, 0.5) is 5.69 Å². The highest BCUT2D eigenvalue weighted by Crippen LogP contribution is 2.33. The van der Waals surface area contributed by atoms with Gasteiger partial charge in [-0.25, -0.2) is 0 Å². The summed E-state index contributed by atoms with van der Waals surface area (Å²) in [5, 5.41) is 4.80. The van der Waals surface area contributed by atoms with Gasteiger partial charge in [-0.3, -0.25) is 9.59 Å². The van der Waals surface area contributed by atoms with E-state index in [0.717, 1.165) is 16.3 Å². The molecule has 0 fully saturated rings. The monoisotopic (exact) mass is 376 g/mol. The van der Waals surface area contributed by atoms with Crippen LogP contribution in [0.25, 0.3) is 16.8 Å². The number of amides is 2. The lowest BCUT2D eigenvalue weighted by atomic mass is 10.0. The van der Waals surface area contributed by atoms with Crippen molar-refractivity contribution in [1.82, 2.24) is 0 Å². The molecule has 0 aromatic heterocycles. The average Bonchev–Trinajstić information content (AvgIpc) is 2.71. The minimum atomic E-state index is -0.686. The van der Waals surface area contributed by atoms with Gasteiger partial charge in [0.05, 0.1) is 25.5 Å². The zero-order valence-electron chi connectivity index (χ0n) is 15.6. The van der Waals surface area contributed by atoms with E-state index in [1.54, 1.807) is 6.08 Å². The second-order valence-electron chi connectivity index (χ2n) is 6.01. The van der Waals surface area contributed by atoms with Gasteiger partial charge in [0.15, 0.2) is 11.5 Å². The van der Waals surface area contributed by atoms with Crippen LogP contribution in [0.1, 0.15) is 15.9 Å². The maximum Gasteiger partial charge on any atom is 0.250 e. The highest BCUT2D eigenvalue weighted by Gasteiger charge is 2.16. The number of nitrogens with one attached hydrogen (secondary N) is 1. The number of benzene rings is 3. The quantitative estimate of drug-likeness (QED) is 0.643. The molecular weight excluding hydrogens is 356 g/mol. The van der Waals surface area contributed by atoms with Gasteiger partial charge >= 0.3 is 0 Å². The third-order valence-corrected chi connectivity index (χ3v) is 4.28. The fraction of sp³-hybridized carbons (Fsp3) is 0.0909. The molecule has 6 nitrogen and oxygen atoms in total. The number of hydrogen-bond donors (Lipinski definition) is 2. The Kier molecular flexibility index (Phi) is 5.60. The third kappa shape index (κ3) is 3.96. The Hall–Kier alpha value is -3.80. The zero-order valence-corrected chi connectivity index (χ0v) is 15.6. The number of methoxy groups -OCH3 is 2. The molecule has 0 heterocycles. The molecule has 0 aliphatic carbocycles. The zero-order chi connectivity index (χ0) is 20.1. The van der Waals surface area contributed by atoms with Gasteiger partial charge in [0, 0.05) is 12.1 Å². The summed E-state index contributed by atoms with van der Waals surface area (Å²) in [5.74, 6) is -0.363. The molecule has 0 saturated heterocycles. The van der Waals surface area contributed by atoms with E-state index in [2.05, 4.69) is 5.32 Å². The number of hydrogen-bond acceptors (Lipinski definition) is 4. The maximum atomic E-state index is 12.4. The first-order chi connectivity index (χ1) is 13.5. The highest BCUT2D eigenvalue weighted by atomic mass is 16.5. The topological polar surface area (TPSA) is 90.6 Å². The Bertz CT molecular complexity index is 1070. The van der Waals surface area contributed by atoms with Crippen LogP contribution < -0.4 is 20.5 Å². The van der Waals surface area contributed by atoms with Crippen LogP contribution in [-0.4, -0.2) is 26.0 Å². The number of ether oxygens (including phenoxy) is 2. The Morgan fingerprint density at radius 3 is 2.36 bits per heavy atom. The first-order valence-corrected chi connectivity index (χ1v) is 8.56. The van der Waals surface area contributed by atoms with Crippen molar-refractivity contribution in [3.63, 3.8) is 0 Å². The molecule has 0 unspecified atom stereocenters. The summed E-state index contributed by atoms with van der Waals surface area (Å²) in [7, 11) is 2.92. The Morgan fingerprint density at radius 2 is 1.64 bits per heavy atom. The molecule has 0 saturated carbocycles. The van der Waals surface area contributed by atoms with E-state index in [1.165, 1.54) is 32.4 Å². The van der Waals surface area contributed by atoms with Crippen LogP contribution in [0.3, 0.4) is 0 Å². The summed E-state index contributed by atoms with van der Waals surface area (Å²) < 4.78 is 10.4. The molecular formula is C22H20N2O4. The molecule has 3 N–H and O–H groups in total. The lowest BCUT2D eigenvalue weighted by Gasteiger charge is -2.13. The fourth-order valence-electron chi connectivity index (χ4n) is 2.92. The van der Waals surface area contributed by atoms with E-state index in [9.17, 15) is 9.59 Å². The summed E-state index contributed by atoms with van der Waals surface area (Å²) in [4.78, 5) is 24.2. The van der Waals surface area contributed by atoms with Gasteiger partial charge in [-0.1, -0.05) is 42.5 Å². The molecule has 142 valence electrons. The smallest absolute Gasteiger partial charge is 0.250 e. The fourth-order valence-corrected chi connectivity index (χ4v) is 2.92. The third-order valence-electron chi connectivity index (χ3n) is 4.28. The summed E-state index contributed by atoms with van der Waals surface area (Å²) >= 11 is 0. The predicted octanol–water partition coefficient (Wildman–Crippen LogP) is 3.61. The second-order valence-corrected chi connectivity index (χ2v) is 6.01. The Balaban J connectivity index is 1.88. The summed E-state index contributed by atoms with van der Waals surface area (Å²) in [6.45, 7) is 0. The number of anilines is 1. The number of nitrogens with two attached hydrogens (primary N) is 1. The highest BCUT2D eigenvalue weighted by molar-refractivity contribution is 6.08. The largest absolute Gasteiger partial charge is 0.493 e. The van der Waals surface area contributed by atoms with Gasteiger partial charge in [0.2, 0.25) is 5.91 Å². The first kappa shape index (κ1) is 19.0. The summed E-state index contributed by atoms with van der Waals surface area (Å²) in [6, 6.07) is 16.7. The standard InChI is InChI=1S/C22H20N2O4/c1-27-19-12-17(22(23)26)18(13-20(19)28-2)24-21(25)11-10-15-8-5-7-14-6-3-4-9-16(14)15/h3-13H,1-2H3,(H2,23,26)(H,24,25)/b11-10+. The lowest BCUT2D eigenvalue weighted by Crippen LogP contribution is -2.17. The molecule has 3 rings (SSSR count). The average molecular weight is 376 g/mol. The molecule has 0 bridgehead atoms. The SMILES string of the molecule is COc1cc(NC(=O)/C=C/c2cccc3ccccc23)c(C(N)=O)cc1OC. The normalized spacial score (nSPS) is 10.8. The van der Waals surface area contributed by atoms with Crippen LogP contribution in [0.15, 0.2) is 60.7 Å². The molecule has 28 heavy (non-hydrogen) atoms. The van der Waals surface area contributed by atoms with Gasteiger partial charge in [-0.2, -0.15) is 0 Å². The Morgan fingerprint density at radius 1 is 0.964 bits per heavy atom. The summed E-state index contributed by atoms with van der Waals surface area (Å²) in [5.41, 5.74) is 6.72. The van der Waals surface area contributed by atoms with E-state index in [-0.39, 0.29) is 11.3 Å². The van der Waals surface area contributed by atoms with Crippen molar-refractivity contribution in [3.05, 3.63) is 71.8 Å². The molecule has 0 spiro atoms. The van der Waals surface area contributed by atoms with E-state index in [4.69, 9.17) is 15.2 Å². The molecule has 6 heteroatoms. The number of primary amides is 1. The van der Waals surface area contributed by atoms with Crippen LogP contribution >= 0.6 is 0 Å². The molecule has 3 aromatic rings. The van der Waals surface area contributed by atoms with E-state index in [0.29, 0.717) is 11.5 Å². The van der Waals surface area contributed by atoms with Gasteiger partial charge in [-0.15, -0.1) is 0 Å². The molecule has 0 aliphatic rings. The van der Waals surface area contributed by atoms with Crippen molar-refractivity contribution in [2.45, 2.75) is 0 Å². The minimum absolute atomic E-state index is 0.129. The number of fused-ring (bicyclic) bond motifs is 1. The molecule has 0 radical (unpaired) electrons. The van der Waals surface area contributed by atoms with E-state index >= 15 is 0 Å². The van der Waals surface area contributed by atoms with Crippen molar-refractivity contribution >= 4 is 34.4 Å². The van der Waals surface area contributed by atoms with Crippen molar-refractivity contribution < 1.29 is 19.1 Å². The Labute approximate surface area is 162 Å². The molecule has 0 aliphatic heterocycles. The minimum Gasteiger partial charge on any atom is -0.493 e. The summed E-state index contributed by atoms with van der Waals surface area (Å²) in [6.07, 6.45) is 3.13. The number of carbonyl (C=O) groups excluding carboxylic acids is 2. The van der Waals surface area contributed by atoms with Crippen LogP contribution in [0.2, 0.25) is 0 Å². The first-order valence-electron chi connectivity index (χ1n) is 8.56. The predicted molar refractivity (Wildman–Crippen MR) is 110 cm³/mol. The van der Waals surface area contributed by atoms with Crippen molar-refractivity contribution in [3.8, 4) is 11.5 Å². The second kappa shape index (κ2) is 8.26. The number of rotatable bonds is 6. The number of carbonyl (C=O) groups is 2. The van der Waals surface area contributed by atoms with Crippen molar-refractivity contribution in [2.75, 3.05) is 19.5 Å². The van der Waals surface area contributed by atoms with Gasteiger partial charge < -0.3 is 20.5 Å². The maximum absolute atomic E-state index is 12.4. The van der Waals surface area contributed by atoms with Gasteiger partial charge in [-0.05, 0) is 28.5 Å².